The van der Waals surface area contributed by atoms with Crippen LogP contribution in [-0.4, -0.2) is 41.8 Å². The van der Waals surface area contributed by atoms with E-state index in [1.54, 1.807) is 18.2 Å². The van der Waals surface area contributed by atoms with Gasteiger partial charge >= 0.3 is 12.3 Å². The number of nitrogens with one attached hydrogen (secondary N) is 2. The van der Waals surface area contributed by atoms with Crippen LogP contribution in [0.3, 0.4) is 0 Å². The van der Waals surface area contributed by atoms with Gasteiger partial charge in [0.25, 0.3) is 0 Å². The van der Waals surface area contributed by atoms with Crippen molar-refractivity contribution in [2.75, 3.05) is 30.5 Å². The minimum atomic E-state index is -4.55. The van der Waals surface area contributed by atoms with Gasteiger partial charge in [0.15, 0.2) is 5.69 Å². The summed E-state index contributed by atoms with van der Waals surface area (Å²) in [4.78, 5) is 26.1. The summed E-state index contributed by atoms with van der Waals surface area (Å²) in [5.74, 6) is 0.346. The van der Waals surface area contributed by atoms with Gasteiger partial charge in [-0.15, -0.1) is 0 Å². The number of carbonyl (C=O) groups is 1. The predicted octanol–water partition coefficient (Wildman–Crippen LogP) is 4.71. The number of aromatic nitrogens is 2. The van der Waals surface area contributed by atoms with Gasteiger partial charge in [0.05, 0.1) is 30.6 Å². The molecule has 192 valence electrons. The van der Waals surface area contributed by atoms with Crippen molar-refractivity contribution in [1.82, 2.24) is 9.78 Å². The highest BCUT2D eigenvalue weighted by atomic mass is 19.4. The molecule has 12 heteroatoms. The molecule has 0 saturated carbocycles. The molecule has 1 aromatic heterocycles. The first-order valence-electron chi connectivity index (χ1n) is 11.0. The Hall–Kier alpha value is -4.61. The van der Waals surface area contributed by atoms with E-state index >= 15 is 0 Å². The van der Waals surface area contributed by atoms with Crippen LogP contribution in [0.1, 0.15) is 18.2 Å². The second-order valence-electron chi connectivity index (χ2n) is 8.04. The number of benzene rings is 2. The highest BCUT2D eigenvalue weighted by Gasteiger charge is 2.30. The summed E-state index contributed by atoms with van der Waals surface area (Å²) in [5.41, 5.74) is -0.362. The largest absolute Gasteiger partial charge is 0.494 e. The molecule has 3 aromatic rings. The number of allylic oxidation sites excluding steroid dienone is 1. The number of alkyl halides is 3. The molecule has 1 saturated heterocycles. The first-order valence-corrected chi connectivity index (χ1v) is 11.0. The Morgan fingerprint density at radius 3 is 2.62 bits per heavy atom. The summed E-state index contributed by atoms with van der Waals surface area (Å²) in [5, 5.41) is 15.0. The fourth-order valence-corrected chi connectivity index (χ4v) is 3.69. The predicted molar refractivity (Wildman–Crippen MR) is 132 cm³/mol. The van der Waals surface area contributed by atoms with E-state index in [2.05, 4.69) is 10.4 Å². The van der Waals surface area contributed by atoms with Crippen LogP contribution in [0, 0.1) is 5.41 Å². The van der Waals surface area contributed by atoms with Crippen molar-refractivity contribution in [3.8, 4) is 11.4 Å². The maximum absolute atomic E-state index is 13.2. The summed E-state index contributed by atoms with van der Waals surface area (Å²) >= 11 is 0. The molecule has 1 aliphatic heterocycles. The zero-order valence-electron chi connectivity index (χ0n) is 19.8. The van der Waals surface area contributed by atoms with E-state index in [1.807, 2.05) is 0 Å². The summed E-state index contributed by atoms with van der Waals surface area (Å²) in [6.07, 6.45) is -2.32. The number of rotatable bonds is 7. The van der Waals surface area contributed by atoms with Gasteiger partial charge in [-0.05, 0) is 43.3 Å². The lowest BCUT2D eigenvalue weighted by Crippen LogP contribution is -2.23. The monoisotopic (exact) mass is 513 g/mol. The molecular formula is C25H22F3N5O4. The second kappa shape index (κ2) is 10.2. The number of nitrogens with zero attached hydrogens (tertiary/aromatic N) is 3. The maximum atomic E-state index is 13.2. The molecule has 0 bridgehead atoms. The Labute approximate surface area is 209 Å². The van der Waals surface area contributed by atoms with Gasteiger partial charge in [-0.1, -0.05) is 6.07 Å². The zero-order chi connectivity index (χ0) is 26.7. The molecular weight excluding hydrogens is 491 g/mol. The number of hydrogen-bond acceptors (Lipinski definition) is 7. The molecule has 0 radical (unpaired) electrons. The number of ether oxygens (including phenoxy) is 2. The minimum Gasteiger partial charge on any atom is -0.494 e. The number of amides is 1. The maximum Gasteiger partial charge on any atom is 0.416 e. The highest BCUT2D eigenvalue weighted by molar-refractivity contribution is 5.98. The van der Waals surface area contributed by atoms with Crippen LogP contribution in [0.25, 0.3) is 11.4 Å². The van der Waals surface area contributed by atoms with E-state index in [0.29, 0.717) is 23.7 Å². The lowest BCUT2D eigenvalue weighted by molar-refractivity contribution is -0.137. The summed E-state index contributed by atoms with van der Waals surface area (Å²) < 4.78 is 51.4. The lowest BCUT2D eigenvalue weighted by Gasteiger charge is -2.17. The van der Waals surface area contributed by atoms with Gasteiger partial charge in [-0.2, -0.15) is 18.3 Å². The van der Waals surface area contributed by atoms with Crippen molar-refractivity contribution in [3.05, 3.63) is 82.3 Å². The third kappa shape index (κ3) is 5.63. The number of anilines is 2. The van der Waals surface area contributed by atoms with Crippen LogP contribution in [0.5, 0.6) is 5.75 Å². The fourth-order valence-electron chi connectivity index (χ4n) is 3.69. The van der Waals surface area contributed by atoms with Gasteiger partial charge in [-0.3, -0.25) is 9.69 Å². The van der Waals surface area contributed by atoms with Gasteiger partial charge in [0, 0.05) is 29.7 Å². The minimum absolute atomic E-state index is 0.0431. The molecule has 37 heavy (non-hydrogen) atoms. The quantitative estimate of drug-likeness (QED) is 0.443. The Kier molecular flexibility index (Phi) is 7.00. The molecule has 0 spiro atoms. The molecule has 0 aliphatic carbocycles. The van der Waals surface area contributed by atoms with Crippen LogP contribution < -0.4 is 20.4 Å². The number of carbonyl (C=O) groups excluding carboxylic acids is 1. The van der Waals surface area contributed by atoms with Gasteiger partial charge < -0.3 is 20.2 Å². The smallest absolute Gasteiger partial charge is 0.416 e. The number of methoxy groups -OCH3 is 1. The van der Waals surface area contributed by atoms with Gasteiger partial charge in [-0.25, -0.2) is 9.48 Å². The Morgan fingerprint density at radius 1 is 1.19 bits per heavy atom. The summed E-state index contributed by atoms with van der Waals surface area (Å²) in [7, 11) is 1.44. The topological polar surface area (TPSA) is 110 Å². The molecule has 2 heterocycles. The SMILES string of the molecule is COc1cc(N2CCOC2=O)ccc1-n1ccc(=O)c(/C(=C/C(C)=N)Nc2cccc(C(F)(F)F)c2)n1. The zero-order valence-corrected chi connectivity index (χ0v) is 19.8. The van der Waals surface area contributed by atoms with Crippen molar-refractivity contribution in [3.63, 3.8) is 0 Å². The molecule has 1 aliphatic rings. The Balaban J connectivity index is 1.74. The lowest BCUT2D eigenvalue weighted by atomic mass is 10.1. The van der Waals surface area contributed by atoms with Crippen LogP contribution in [0.4, 0.5) is 29.3 Å². The van der Waals surface area contributed by atoms with Crippen LogP contribution in [-0.2, 0) is 10.9 Å². The second-order valence-corrected chi connectivity index (χ2v) is 8.04. The molecule has 1 amide bonds. The average molecular weight is 513 g/mol. The first kappa shape index (κ1) is 25.5. The first-order chi connectivity index (χ1) is 17.6. The van der Waals surface area contributed by atoms with Gasteiger partial charge in [0.1, 0.15) is 18.0 Å². The fraction of sp³-hybridized carbons (Fsp3) is 0.200. The average Bonchev–Trinajstić information content (AvgIpc) is 3.29. The van der Waals surface area contributed by atoms with Crippen molar-refractivity contribution in [1.29, 1.82) is 5.41 Å². The number of cyclic esters (lactones) is 1. The van der Waals surface area contributed by atoms with E-state index in [9.17, 15) is 22.8 Å². The molecule has 0 unspecified atom stereocenters. The highest BCUT2D eigenvalue weighted by Crippen LogP contribution is 2.32. The molecule has 4 rings (SSSR count). The number of halogens is 3. The van der Waals surface area contributed by atoms with Crippen LogP contribution >= 0.6 is 0 Å². The van der Waals surface area contributed by atoms with E-state index < -0.39 is 23.3 Å². The van der Waals surface area contributed by atoms with Crippen LogP contribution in [0.2, 0.25) is 0 Å². The molecule has 2 N–H and O–H groups in total. The molecule has 0 atom stereocenters. The summed E-state index contributed by atoms with van der Waals surface area (Å²) in [6.45, 7) is 2.12. The van der Waals surface area contributed by atoms with Crippen molar-refractivity contribution < 1.29 is 27.4 Å². The van der Waals surface area contributed by atoms with Crippen molar-refractivity contribution in [2.45, 2.75) is 13.1 Å². The Morgan fingerprint density at radius 2 is 1.97 bits per heavy atom. The third-order valence-corrected chi connectivity index (χ3v) is 5.38. The van der Waals surface area contributed by atoms with Crippen molar-refractivity contribution in [2.24, 2.45) is 0 Å². The third-order valence-electron chi connectivity index (χ3n) is 5.38. The standard InChI is InChI=1S/C25H22F3N5O4/c1-15(29)12-19(30-17-5-3-4-16(13-17)25(26,27)28)23-21(34)8-9-33(31-23)20-7-6-18(14-22(20)36-2)32-10-11-37-24(32)35/h3-9,12-14,29-30H,10-11H2,1-2H3/b19-12-,29-15?. The summed E-state index contributed by atoms with van der Waals surface area (Å²) in [6, 6.07) is 10.7. The van der Waals surface area contributed by atoms with E-state index in [1.165, 1.54) is 54.1 Å². The van der Waals surface area contributed by atoms with E-state index in [4.69, 9.17) is 14.9 Å². The van der Waals surface area contributed by atoms with Gasteiger partial charge in [0.2, 0.25) is 5.43 Å². The Bertz CT molecular complexity index is 1450. The molecule has 1 fully saturated rings. The van der Waals surface area contributed by atoms with E-state index in [-0.39, 0.29) is 29.4 Å². The van der Waals surface area contributed by atoms with Crippen LogP contribution in [0.15, 0.2) is 65.6 Å². The number of hydrogen-bond donors (Lipinski definition) is 2. The van der Waals surface area contributed by atoms with Crippen molar-refractivity contribution >= 4 is 28.9 Å². The van der Waals surface area contributed by atoms with E-state index in [0.717, 1.165) is 12.1 Å². The normalized spacial score (nSPS) is 13.9. The molecule has 9 nitrogen and oxygen atoms in total. The molecule has 2 aromatic carbocycles.